The van der Waals surface area contributed by atoms with Crippen molar-refractivity contribution in [3.05, 3.63) is 65.0 Å². The summed E-state index contributed by atoms with van der Waals surface area (Å²) in [6.07, 6.45) is 0. The van der Waals surface area contributed by atoms with Crippen molar-refractivity contribution >= 4 is 11.3 Å². The summed E-state index contributed by atoms with van der Waals surface area (Å²) in [6, 6.07) is 12.4. The molecular weight excluding hydrogens is 441 g/mol. The van der Waals surface area contributed by atoms with Crippen molar-refractivity contribution in [1.29, 1.82) is 0 Å². The molecule has 3 heterocycles. The number of thiazole rings is 1. The standard InChI is InChI=1S/C24H24FN5O2S/c1-15-22-27-28-23(20-14-33-24(26-20)16-4-7-18(25)8-5-16)30(22)11-10-29(15)13-17-6-9-19(31-2)12-21(17)32-3/h4-9,12,14-15H,10-11,13H2,1-3H3/t15-/m1/s1. The first-order valence-electron chi connectivity index (χ1n) is 10.7. The zero-order chi connectivity index (χ0) is 22.9. The zero-order valence-electron chi connectivity index (χ0n) is 18.7. The molecule has 1 atom stereocenters. The average Bonchev–Trinajstić information content (AvgIpc) is 3.49. The van der Waals surface area contributed by atoms with Gasteiger partial charge in [-0.15, -0.1) is 21.5 Å². The monoisotopic (exact) mass is 465 g/mol. The number of nitrogens with zero attached hydrogens (tertiary/aromatic N) is 5. The molecule has 0 amide bonds. The minimum atomic E-state index is -0.257. The number of halogens is 1. The first-order chi connectivity index (χ1) is 16.1. The fourth-order valence-corrected chi connectivity index (χ4v) is 4.94. The Hall–Kier alpha value is -3.30. The van der Waals surface area contributed by atoms with Crippen LogP contribution in [-0.2, 0) is 13.1 Å². The van der Waals surface area contributed by atoms with Crippen LogP contribution in [0.25, 0.3) is 22.1 Å². The van der Waals surface area contributed by atoms with Gasteiger partial charge in [0.25, 0.3) is 0 Å². The number of aromatic nitrogens is 4. The van der Waals surface area contributed by atoms with E-state index in [2.05, 4.69) is 26.6 Å². The van der Waals surface area contributed by atoms with Crippen LogP contribution in [0.4, 0.5) is 4.39 Å². The van der Waals surface area contributed by atoms with Gasteiger partial charge in [-0.1, -0.05) is 6.07 Å². The van der Waals surface area contributed by atoms with Crippen molar-refractivity contribution in [2.75, 3.05) is 20.8 Å². The lowest BCUT2D eigenvalue weighted by atomic mass is 10.1. The molecule has 7 nitrogen and oxygen atoms in total. The van der Waals surface area contributed by atoms with Crippen LogP contribution in [0.3, 0.4) is 0 Å². The van der Waals surface area contributed by atoms with Crippen LogP contribution in [0.1, 0.15) is 24.4 Å². The van der Waals surface area contributed by atoms with Gasteiger partial charge in [-0.05, 0) is 37.3 Å². The lowest BCUT2D eigenvalue weighted by Gasteiger charge is -2.33. The number of benzene rings is 2. The van der Waals surface area contributed by atoms with Crippen molar-refractivity contribution < 1.29 is 13.9 Å². The minimum absolute atomic E-state index is 0.0852. The third-order valence-electron chi connectivity index (χ3n) is 6.00. The Morgan fingerprint density at radius 3 is 2.64 bits per heavy atom. The van der Waals surface area contributed by atoms with Gasteiger partial charge in [0.15, 0.2) is 11.6 Å². The highest BCUT2D eigenvalue weighted by Gasteiger charge is 2.29. The highest BCUT2D eigenvalue weighted by atomic mass is 32.1. The summed E-state index contributed by atoms with van der Waals surface area (Å²) in [5, 5.41) is 11.8. The van der Waals surface area contributed by atoms with E-state index in [0.717, 1.165) is 64.6 Å². The number of ether oxygens (including phenoxy) is 2. The summed E-state index contributed by atoms with van der Waals surface area (Å²) in [7, 11) is 3.32. The molecule has 0 radical (unpaired) electrons. The fourth-order valence-electron chi connectivity index (χ4n) is 4.14. The molecule has 2 aromatic carbocycles. The summed E-state index contributed by atoms with van der Waals surface area (Å²) in [5.41, 5.74) is 2.77. The van der Waals surface area contributed by atoms with E-state index in [9.17, 15) is 4.39 Å². The van der Waals surface area contributed by atoms with Gasteiger partial charge in [0.05, 0.1) is 20.3 Å². The summed E-state index contributed by atoms with van der Waals surface area (Å²) < 4.78 is 26.3. The third-order valence-corrected chi connectivity index (χ3v) is 6.90. The SMILES string of the molecule is COc1ccc(CN2CCn3c(-c4csc(-c5ccc(F)cc5)n4)nnc3[C@H]2C)c(OC)c1. The van der Waals surface area contributed by atoms with Crippen LogP contribution < -0.4 is 9.47 Å². The van der Waals surface area contributed by atoms with Crippen molar-refractivity contribution in [3.63, 3.8) is 0 Å². The van der Waals surface area contributed by atoms with Crippen LogP contribution in [0.2, 0.25) is 0 Å². The molecule has 9 heteroatoms. The molecule has 2 aromatic heterocycles. The van der Waals surface area contributed by atoms with E-state index in [0.29, 0.717) is 0 Å². The molecule has 4 aromatic rings. The van der Waals surface area contributed by atoms with E-state index in [1.807, 2.05) is 23.6 Å². The van der Waals surface area contributed by atoms with E-state index < -0.39 is 0 Å². The maximum absolute atomic E-state index is 13.2. The Morgan fingerprint density at radius 1 is 1.06 bits per heavy atom. The van der Waals surface area contributed by atoms with Gasteiger partial charge in [-0.2, -0.15) is 0 Å². The highest BCUT2D eigenvalue weighted by molar-refractivity contribution is 7.13. The molecule has 0 saturated heterocycles. The van der Waals surface area contributed by atoms with Crippen LogP contribution >= 0.6 is 11.3 Å². The minimum Gasteiger partial charge on any atom is -0.497 e. The summed E-state index contributed by atoms with van der Waals surface area (Å²) in [4.78, 5) is 7.11. The number of hydrogen-bond acceptors (Lipinski definition) is 7. The Balaban J connectivity index is 1.37. The largest absolute Gasteiger partial charge is 0.497 e. The molecule has 1 aliphatic rings. The van der Waals surface area contributed by atoms with Gasteiger partial charge >= 0.3 is 0 Å². The normalized spacial score (nSPS) is 15.9. The summed E-state index contributed by atoms with van der Waals surface area (Å²) >= 11 is 1.52. The van der Waals surface area contributed by atoms with Crippen molar-refractivity contribution in [3.8, 4) is 33.6 Å². The van der Waals surface area contributed by atoms with Gasteiger partial charge in [-0.3, -0.25) is 4.90 Å². The first-order valence-corrected chi connectivity index (χ1v) is 11.5. The topological polar surface area (TPSA) is 65.3 Å². The van der Waals surface area contributed by atoms with E-state index in [4.69, 9.17) is 14.5 Å². The van der Waals surface area contributed by atoms with Crippen molar-refractivity contribution in [2.45, 2.75) is 26.1 Å². The molecule has 170 valence electrons. The molecule has 0 N–H and O–H groups in total. The average molecular weight is 466 g/mol. The van der Waals surface area contributed by atoms with Gasteiger partial charge in [-0.25, -0.2) is 9.37 Å². The van der Waals surface area contributed by atoms with Crippen LogP contribution in [-0.4, -0.2) is 45.4 Å². The number of hydrogen-bond donors (Lipinski definition) is 0. The van der Waals surface area contributed by atoms with E-state index in [1.165, 1.54) is 23.5 Å². The second-order valence-electron chi connectivity index (χ2n) is 7.90. The lowest BCUT2D eigenvalue weighted by Crippen LogP contribution is -2.36. The predicted molar refractivity (Wildman–Crippen MR) is 125 cm³/mol. The maximum atomic E-state index is 13.2. The second-order valence-corrected chi connectivity index (χ2v) is 8.76. The lowest BCUT2D eigenvalue weighted by molar-refractivity contribution is 0.155. The smallest absolute Gasteiger partial charge is 0.183 e. The van der Waals surface area contributed by atoms with Crippen LogP contribution in [0.5, 0.6) is 11.5 Å². The molecule has 33 heavy (non-hydrogen) atoms. The summed E-state index contributed by atoms with van der Waals surface area (Å²) in [5.74, 6) is 3.01. The summed E-state index contributed by atoms with van der Waals surface area (Å²) in [6.45, 7) is 4.50. The Bertz CT molecular complexity index is 1270. The van der Waals surface area contributed by atoms with Crippen molar-refractivity contribution in [2.24, 2.45) is 0 Å². The highest BCUT2D eigenvalue weighted by Crippen LogP contribution is 2.34. The predicted octanol–water partition coefficient (Wildman–Crippen LogP) is 4.80. The second kappa shape index (κ2) is 8.92. The molecule has 0 saturated carbocycles. The van der Waals surface area contributed by atoms with Gasteiger partial charge in [0.2, 0.25) is 0 Å². The van der Waals surface area contributed by atoms with Gasteiger partial charge in [0.1, 0.15) is 28.0 Å². The maximum Gasteiger partial charge on any atom is 0.183 e. The number of methoxy groups -OCH3 is 2. The molecule has 0 fully saturated rings. The van der Waals surface area contributed by atoms with Crippen molar-refractivity contribution in [1.82, 2.24) is 24.6 Å². The molecule has 0 bridgehead atoms. The van der Waals surface area contributed by atoms with Gasteiger partial charge in [0, 0.05) is 42.2 Å². The fraction of sp³-hybridized carbons (Fsp3) is 0.292. The zero-order valence-corrected chi connectivity index (χ0v) is 19.5. The van der Waals surface area contributed by atoms with E-state index in [-0.39, 0.29) is 11.9 Å². The molecule has 0 aliphatic carbocycles. The Kier molecular flexibility index (Phi) is 5.82. The molecule has 0 spiro atoms. The van der Waals surface area contributed by atoms with E-state index in [1.54, 1.807) is 26.4 Å². The van der Waals surface area contributed by atoms with Crippen LogP contribution in [0, 0.1) is 5.82 Å². The van der Waals surface area contributed by atoms with Crippen LogP contribution in [0.15, 0.2) is 47.8 Å². The van der Waals surface area contributed by atoms with Gasteiger partial charge < -0.3 is 14.0 Å². The van der Waals surface area contributed by atoms with E-state index >= 15 is 0 Å². The number of rotatable bonds is 6. The Labute approximate surface area is 195 Å². The Morgan fingerprint density at radius 2 is 1.88 bits per heavy atom. The molecule has 1 aliphatic heterocycles. The number of fused-ring (bicyclic) bond motifs is 1. The molecule has 0 unspecified atom stereocenters. The quantitative estimate of drug-likeness (QED) is 0.408. The third kappa shape index (κ3) is 4.09. The molecular formula is C24H24FN5O2S. The molecule has 5 rings (SSSR count). The first kappa shape index (κ1) is 21.5.